The number of hydrogen-bond donors (Lipinski definition) is 1. The molecule has 5 heteroatoms. The summed E-state index contributed by atoms with van der Waals surface area (Å²) in [5, 5.41) is 12.0. The van der Waals surface area contributed by atoms with Crippen LogP contribution in [0.1, 0.15) is 37.3 Å². The van der Waals surface area contributed by atoms with Crippen molar-refractivity contribution in [3.63, 3.8) is 0 Å². The molecule has 1 N–H and O–H groups in total. The number of ketones is 1. The molecular weight excluding hydrogens is 348 g/mol. The Labute approximate surface area is 165 Å². The average Bonchev–Trinajstić information content (AvgIpc) is 3.14. The molecule has 4 rings (SSSR count). The quantitative estimate of drug-likeness (QED) is 0.660. The third-order valence-corrected chi connectivity index (χ3v) is 5.51. The number of anilines is 1. The molecule has 0 spiro atoms. The Hall–Kier alpha value is -2.95. The zero-order valence-electron chi connectivity index (χ0n) is 16.2. The van der Waals surface area contributed by atoms with Crippen molar-refractivity contribution in [1.82, 2.24) is 15.0 Å². The molecule has 1 saturated carbocycles. The van der Waals surface area contributed by atoms with Gasteiger partial charge in [-0.25, -0.2) is 4.68 Å². The highest BCUT2D eigenvalue weighted by atomic mass is 16.1. The van der Waals surface area contributed by atoms with Crippen LogP contribution in [0.15, 0.2) is 60.8 Å². The summed E-state index contributed by atoms with van der Waals surface area (Å²) in [6.45, 7) is 2.74. The summed E-state index contributed by atoms with van der Waals surface area (Å²) < 4.78 is 1.77. The first kappa shape index (κ1) is 18.4. The number of aromatic nitrogens is 3. The van der Waals surface area contributed by atoms with Gasteiger partial charge in [0.25, 0.3) is 0 Å². The van der Waals surface area contributed by atoms with E-state index in [2.05, 4.69) is 46.8 Å². The summed E-state index contributed by atoms with van der Waals surface area (Å²) in [6.07, 6.45) is 5.78. The Kier molecular flexibility index (Phi) is 5.51. The third-order valence-electron chi connectivity index (χ3n) is 5.51. The van der Waals surface area contributed by atoms with Crippen LogP contribution >= 0.6 is 0 Å². The van der Waals surface area contributed by atoms with Crippen LogP contribution in [0, 0.1) is 12.8 Å². The van der Waals surface area contributed by atoms with Gasteiger partial charge in [0.1, 0.15) is 11.7 Å². The summed E-state index contributed by atoms with van der Waals surface area (Å²) in [7, 11) is 0. The molecule has 1 unspecified atom stereocenters. The Morgan fingerprint density at radius 3 is 2.57 bits per heavy atom. The van der Waals surface area contributed by atoms with Gasteiger partial charge in [-0.2, -0.15) is 0 Å². The maximum absolute atomic E-state index is 13.2. The first-order valence-corrected chi connectivity index (χ1v) is 10.0. The molecule has 2 atom stereocenters. The minimum Gasteiger partial charge on any atom is -0.384 e. The fourth-order valence-corrected chi connectivity index (χ4v) is 3.83. The lowest BCUT2D eigenvalue weighted by molar-refractivity contribution is -0.125. The first-order chi connectivity index (χ1) is 13.7. The van der Waals surface area contributed by atoms with Crippen molar-refractivity contribution < 1.29 is 4.79 Å². The van der Waals surface area contributed by atoms with Gasteiger partial charge in [-0.3, -0.25) is 4.79 Å². The molecule has 144 valence electrons. The van der Waals surface area contributed by atoms with E-state index in [1.807, 2.05) is 36.5 Å². The predicted molar refractivity (Wildman–Crippen MR) is 111 cm³/mol. The van der Waals surface area contributed by atoms with Crippen LogP contribution in [0.4, 0.5) is 5.69 Å². The summed E-state index contributed by atoms with van der Waals surface area (Å²) in [6, 6.07) is 18.0. The Morgan fingerprint density at radius 1 is 1.04 bits per heavy atom. The van der Waals surface area contributed by atoms with Gasteiger partial charge >= 0.3 is 0 Å². The lowest BCUT2D eigenvalue weighted by Gasteiger charge is -2.19. The molecule has 1 aliphatic rings. The number of aryl methyl sites for hydroxylation is 1. The number of carbonyl (C=O) groups excluding carboxylic acids is 1. The topological polar surface area (TPSA) is 59.8 Å². The number of nitrogens with one attached hydrogen (secondary N) is 1. The molecule has 0 bridgehead atoms. The van der Waals surface area contributed by atoms with Crippen LogP contribution < -0.4 is 5.32 Å². The molecule has 1 aliphatic carbocycles. The molecule has 0 amide bonds. The SMILES string of the molecule is Cc1ccc(NC[C@@H]2CCCCC(n3cc(-c4ccccc4)nn3)C2=O)cc1. The highest BCUT2D eigenvalue weighted by molar-refractivity contribution is 5.85. The van der Waals surface area contributed by atoms with E-state index < -0.39 is 0 Å². The van der Waals surface area contributed by atoms with Gasteiger partial charge in [0.05, 0.1) is 6.20 Å². The summed E-state index contributed by atoms with van der Waals surface area (Å²) in [4.78, 5) is 13.2. The fourth-order valence-electron chi connectivity index (χ4n) is 3.83. The van der Waals surface area contributed by atoms with E-state index >= 15 is 0 Å². The maximum atomic E-state index is 13.2. The van der Waals surface area contributed by atoms with Crippen molar-refractivity contribution in [2.45, 2.75) is 38.6 Å². The first-order valence-electron chi connectivity index (χ1n) is 10.0. The molecule has 2 aromatic carbocycles. The van der Waals surface area contributed by atoms with Gasteiger partial charge in [0, 0.05) is 23.7 Å². The highest BCUT2D eigenvalue weighted by Crippen LogP contribution is 2.29. The lowest BCUT2D eigenvalue weighted by atomic mass is 9.96. The van der Waals surface area contributed by atoms with Crippen molar-refractivity contribution in [3.8, 4) is 11.3 Å². The molecule has 1 fully saturated rings. The van der Waals surface area contributed by atoms with E-state index in [-0.39, 0.29) is 17.7 Å². The van der Waals surface area contributed by atoms with Crippen molar-refractivity contribution in [1.29, 1.82) is 0 Å². The van der Waals surface area contributed by atoms with E-state index in [4.69, 9.17) is 0 Å². The average molecular weight is 374 g/mol. The van der Waals surface area contributed by atoms with E-state index in [9.17, 15) is 4.79 Å². The standard InChI is InChI=1S/C23H26N4O/c1-17-11-13-20(14-12-17)24-15-19-9-5-6-10-22(23(19)28)27-16-21(25-26-27)18-7-3-2-4-8-18/h2-4,7-8,11-14,16,19,22,24H,5-6,9-10,15H2,1H3/t19-,22?/m0/s1. The Bertz CT molecular complexity index is 917. The minimum absolute atomic E-state index is 0.00169. The molecule has 0 saturated heterocycles. The smallest absolute Gasteiger partial charge is 0.162 e. The van der Waals surface area contributed by atoms with E-state index in [1.165, 1.54) is 5.56 Å². The Balaban J connectivity index is 1.47. The third kappa shape index (κ3) is 4.14. The minimum atomic E-state index is -0.225. The van der Waals surface area contributed by atoms with Gasteiger partial charge < -0.3 is 5.32 Å². The van der Waals surface area contributed by atoms with Crippen LogP contribution in [0.25, 0.3) is 11.3 Å². The van der Waals surface area contributed by atoms with Gasteiger partial charge in [-0.05, 0) is 31.9 Å². The molecule has 1 aromatic heterocycles. The van der Waals surface area contributed by atoms with Crippen molar-refractivity contribution >= 4 is 11.5 Å². The second kappa shape index (κ2) is 8.38. The summed E-state index contributed by atoms with van der Waals surface area (Å²) >= 11 is 0. The normalized spacial score (nSPS) is 20.0. The van der Waals surface area contributed by atoms with Gasteiger partial charge in [0.2, 0.25) is 0 Å². The molecule has 1 heterocycles. The van der Waals surface area contributed by atoms with Crippen LogP contribution in [0.2, 0.25) is 0 Å². The van der Waals surface area contributed by atoms with E-state index in [1.54, 1.807) is 4.68 Å². The molecule has 3 aromatic rings. The number of hydrogen-bond acceptors (Lipinski definition) is 4. The lowest BCUT2D eigenvalue weighted by Crippen LogP contribution is -2.29. The van der Waals surface area contributed by atoms with E-state index in [0.717, 1.165) is 42.6 Å². The molecule has 28 heavy (non-hydrogen) atoms. The molecule has 0 aliphatic heterocycles. The van der Waals surface area contributed by atoms with Gasteiger partial charge in [0.15, 0.2) is 5.78 Å². The number of nitrogens with zero attached hydrogens (tertiary/aromatic N) is 3. The van der Waals surface area contributed by atoms with Crippen LogP contribution in [-0.2, 0) is 4.79 Å². The van der Waals surface area contributed by atoms with Crippen LogP contribution in [0.3, 0.4) is 0 Å². The molecule has 5 nitrogen and oxygen atoms in total. The van der Waals surface area contributed by atoms with Crippen molar-refractivity contribution in [2.24, 2.45) is 5.92 Å². The van der Waals surface area contributed by atoms with Crippen LogP contribution in [0.5, 0.6) is 0 Å². The monoisotopic (exact) mass is 374 g/mol. The predicted octanol–water partition coefficient (Wildman–Crippen LogP) is 4.67. The second-order valence-electron chi connectivity index (χ2n) is 7.60. The fraction of sp³-hybridized carbons (Fsp3) is 0.348. The number of carbonyl (C=O) groups is 1. The number of benzene rings is 2. The number of Topliss-reactive ketones (excluding diaryl/α,β-unsaturated/α-hetero) is 1. The van der Waals surface area contributed by atoms with Crippen molar-refractivity contribution in [3.05, 3.63) is 66.4 Å². The number of rotatable bonds is 5. The van der Waals surface area contributed by atoms with Crippen LogP contribution in [-0.4, -0.2) is 27.3 Å². The summed E-state index contributed by atoms with van der Waals surface area (Å²) in [5.41, 5.74) is 4.13. The largest absolute Gasteiger partial charge is 0.384 e. The highest BCUT2D eigenvalue weighted by Gasteiger charge is 2.31. The maximum Gasteiger partial charge on any atom is 0.162 e. The molecular formula is C23H26N4O. The summed E-state index contributed by atoms with van der Waals surface area (Å²) in [5.74, 6) is 0.264. The van der Waals surface area contributed by atoms with Gasteiger partial charge in [-0.1, -0.05) is 66.1 Å². The molecule has 0 radical (unpaired) electrons. The van der Waals surface area contributed by atoms with Gasteiger partial charge in [-0.15, -0.1) is 5.10 Å². The Morgan fingerprint density at radius 2 is 1.79 bits per heavy atom. The zero-order valence-corrected chi connectivity index (χ0v) is 16.2. The van der Waals surface area contributed by atoms with E-state index in [0.29, 0.717) is 6.54 Å². The zero-order chi connectivity index (χ0) is 19.3. The van der Waals surface area contributed by atoms with Crippen molar-refractivity contribution in [2.75, 3.05) is 11.9 Å². The second-order valence-corrected chi connectivity index (χ2v) is 7.60.